The summed E-state index contributed by atoms with van der Waals surface area (Å²) in [5.41, 5.74) is 6.68. The lowest BCUT2D eigenvalue weighted by Crippen LogP contribution is -2.30. The molecule has 0 spiro atoms. The van der Waals surface area contributed by atoms with Crippen molar-refractivity contribution in [2.45, 2.75) is 17.8 Å². The average Bonchev–Trinajstić information content (AvgIpc) is 2.30. The molecule has 1 aliphatic rings. The Hall–Kier alpha value is -0.390. The van der Waals surface area contributed by atoms with E-state index in [0.29, 0.717) is 17.5 Å². The molecular weight excluding hydrogens is 240 g/mol. The van der Waals surface area contributed by atoms with Crippen molar-refractivity contribution in [1.29, 1.82) is 0 Å². The van der Waals surface area contributed by atoms with Crippen LogP contribution in [-0.4, -0.2) is 38.7 Å². The highest BCUT2D eigenvalue weighted by atomic mass is 32.2. The van der Waals surface area contributed by atoms with E-state index in [4.69, 9.17) is 5.73 Å². The maximum atomic E-state index is 10.1. The van der Waals surface area contributed by atoms with E-state index in [0.717, 1.165) is 17.1 Å². The van der Waals surface area contributed by atoms with Crippen LogP contribution in [0, 0.1) is 0 Å². The maximum absolute atomic E-state index is 10.1. The summed E-state index contributed by atoms with van der Waals surface area (Å²) in [5.74, 6) is 3.92. The van der Waals surface area contributed by atoms with E-state index < -0.39 is 0 Å². The first-order chi connectivity index (χ1) is 7.75. The number of hydrogen-bond donors (Lipinski definition) is 2. The first-order valence-corrected chi connectivity index (χ1v) is 7.54. The van der Waals surface area contributed by atoms with E-state index in [-0.39, 0.29) is 6.10 Å². The summed E-state index contributed by atoms with van der Waals surface area (Å²) in [5, 5.41) is 10.5. The SMILES string of the molecule is Nc1cc(CC(O)C2CSCCS2)ccn1. The van der Waals surface area contributed by atoms with Crippen LogP contribution in [0.5, 0.6) is 0 Å². The normalized spacial score (nSPS) is 22.9. The summed E-state index contributed by atoms with van der Waals surface area (Å²) >= 11 is 3.80. The summed E-state index contributed by atoms with van der Waals surface area (Å²) in [4.78, 5) is 3.95. The summed E-state index contributed by atoms with van der Waals surface area (Å²) < 4.78 is 0. The first kappa shape index (κ1) is 12.1. The zero-order chi connectivity index (χ0) is 11.4. The second-order valence-corrected chi connectivity index (χ2v) is 6.34. The molecule has 88 valence electrons. The zero-order valence-electron chi connectivity index (χ0n) is 9.00. The summed E-state index contributed by atoms with van der Waals surface area (Å²) in [6.07, 6.45) is 2.09. The predicted octanol–water partition coefficient (Wildman–Crippen LogP) is 1.42. The Morgan fingerprint density at radius 2 is 2.44 bits per heavy atom. The molecular formula is C11H16N2OS2. The topological polar surface area (TPSA) is 59.1 Å². The average molecular weight is 256 g/mol. The molecule has 3 N–H and O–H groups in total. The van der Waals surface area contributed by atoms with E-state index in [9.17, 15) is 5.11 Å². The Morgan fingerprint density at radius 3 is 3.12 bits per heavy atom. The predicted molar refractivity (Wildman–Crippen MR) is 71.9 cm³/mol. The highest BCUT2D eigenvalue weighted by Gasteiger charge is 2.22. The van der Waals surface area contributed by atoms with Crippen LogP contribution in [0.1, 0.15) is 5.56 Å². The lowest BCUT2D eigenvalue weighted by molar-refractivity contribution is 0.177. The molecule has 0 saturated carbocycles. The van der Waals surface area contributed by atoms with Gasteiger partial charge in [0, 0.05) is 28.7 Å². The third-order valence-electron chi connectivity index (χ3n) is 2.56. The number of thioether (sulfide) groups is 2. The van der Waals surface area contributed by atoms with Crippen LogP contribution in [0.15, 0.2) is 18.3 Å². The molecule has 3 nitrogen and oxygen atoms in total. The highest BCUT2D eigenvalue weighted by Crippen LogP contribution is 2.27. The number of pyridine rings is 1. The van der Waals surface area contributed by atoms with Gasteiger partial charge in [-0.15, -0.1) is 0 Å². The van der Waals surface area contributed by atoms with Gasteiger partial charge in [-0.2, -0.15) is 23.5 Å². The van der Waals surface area contributed by atoms with E-state index in [1.165, 1.54) is 5.75 Å². The fourth-order valence-electron chi connectivity index (χ4n) is 1.72. The molecule has 2 rings (SSSR count). The number of aromatic nitrogens is 1. The summed E-state index contributed by atoms with van der Waals surface area (Å²) in [6.45, 7) is 0. The van der Waals surface area contributed by atoms with Crippen LogP contribution in [0.25, 0.3) is 0 Å². The fourth-order valence-corrected chi connectivity index (χ4v) is 4.49. The third-order valence-corrected chi connectivity index (χ3v) is 5.47. The van der Waals surface area contributed by atoms with Crippen molar-refractivity contribution in [2.75, 3.05) is 23.0 Å². The molecule has 0 amide bonds. The van der Waals surface area contributed by atoms with Gasteiger partial charge in [0.25, 0.3) is 0 Å². The summed E-state index contributed by atoms with van der Waals surface area (Å²) in [6, 6.07) is 3.75. The molecule has 2 atom stereocenters. The van der Waals surface area contributed by atoms with E-state index in [1.54, 1.807) is 6.20 Å². The molecule has 1 aromatic heterocycles. The van der Waals surface area contributed by atoms with Crippen LogP contribution in [0.4, 0.5) is 5.82 Å². The summed E-state index contributed by atoms with van der Waals surface area (Å²) in [7, 11) is 0. The van der Waals surface area contributed by atoms with Crippen LogP contribution < -0.4 is 5.73 Å². The van der Waals surface area contributed by atoms with Gasteiger partial charge in [0.2, 0.25) is 0 Å². The minimum Gasteiger partial charge on any atom is -0.392 e. The lowest BCUT2D eigenvalue weighted by Gasteiger charge is -2.25. The molecule has 0 aromatic carbocycles. The number of nitrogens with zero attached hydrogens (tertiary/aromatic N) is 1. The third kappa shape index (κ3) is 3.30. The van der Waals surface area contributed by atoms with Gasteiger partial charge in [-0.3, -0.25) is 0 Å². The Morgan fingerprint density at radius 1 is 1.56 bits per heavy atom. The van der Waals surface area contributed by atoms with Gasteiger partial charge >= 0.3 is 0 Å². The minimum atomic E-state index is -0.278. The smallest absolute Gasteiger partial charge is 0.123 e. The molecule has 1 aromatic rings. The van der Waals surface area contributed by atoms with Crippen molar-refractivity contribution < 1.29 is 5.11 Å². The highest BCUT2D eigenvalue weighted by molar-refractivity contribution is 8.06. The first-order valence-electron chi connectivity index (χ1n) is 5.33. The molecule has 2 heterocycles. The molecule has 0 radical (unpaired) electrons. The standard InChI is InChI=1S/C11H16N2OS2/c12-11-6-8(1-2-13-11)5-9(14)10-7-15-3-4-16-10/h1-2,6,9-10,14H,3-5,7H2,(H2,12,13). The lowest BCUT2D eigenvalue weighted by atomic mass is 10.1. The van der Waals surface area contributed by atoms with Crippen LogP contribution in [0.2, 0.25) is 0 Å². The second-order valence-electron chi connectivity index (χ2n) is 3.84. The van der Waals surface area contributed by atoms with Gasteiger partial charge in [-0.1, -0.05) is 0 Å². The molecule has 16 heavy (non-hydrogen) atoms. The molecule has 1 aliphatic heterocycles. The molecule has 1 fully saturated rings. The fraction of sp³-hybridized carbons (Fsp3) is 0.545. The van der Waals surface area contributed by atoms with Gasteiger partial charge in [0.15, 0.2) is 0 Å². The number of anilines is 1. The Balaban J connectivity index is 1.93. The molecule has 2 unspecified atom stereocenters. The Bertz CT molecular complexity index is 343. The molecule has 0 aliphatic carbocycles. The monoisotopic (exact) mass is 256 g/mol. The van der Waals surface area contributed by atoms with Crippen molar-refractivity contribution in [3.63, 3.8) is 0 Å². The largest absolute Gasteiger partial charge is 0.392 e. The quantitative estimate of drug-likeness (QED) is 0.856. The van der Waals surface area contributed by atoms with Gasteiger partial charge in [0.1, 0.15) is 5.82 Å². The van der Waals surface area contributed by atoms with Gasteiger partial charge in [0.05, 0.1) is 6.10 Å². The van der Waals surface area contributed by atoms with E-state index in [2.05, 4.69) is 4.98 Å². The van der Waals surface area contributed by atoms with E-state index in [1.807, 2.05) is 35.7 Å². The Kier molecular flexibility index (Phi) is 4.37. The Labute approximate surface area is 104 Å². The van der Waals surface area contributed by atoms with Crippen molar-refractivity contribution >= 4 is 29.3 Å². The minimum absolute atomic E-state index is 0.278. The number of aliphatic hydroxyl groups excluding tert-OH is 1. The van der Waals surface area contributed by atoms with Crippen molar-refractivity contribution in [3.05, 3.63) is 23.9 Å². The van der Waals surface area contributed by atoms with Crippen LogP contribution >= 0.6 is 23.5 Å². The number of nitrogen functional groups attached to an aromatic ring is 1. The van der Waals surface area contributed by atoms with Crippen molar-refractivity contribution in [2.24, 2.45) is 0 Å². The number of rotatable bonds is 3. The second kappa shape index (κ2) is 5.80. The molecule has 1 saturated heterocycles. The maximum Gasteiger partial charge on any atom is 0.123 e. The number of aliphatic hydroxyl groups is 1. The number of nitrogens with two attached hydrogens (primary N) is 1. The van der Waals surface area contributed by atoms with Gasteiger partial charge < -0.3 is 10.8 Å². The van der Waals surface area contributed by atoms with Crippen molar-refractivity contribution in [1.82, 2.24) is 4.98 Å². The zero-order valence-corrected chi connectivity index (χ0v) is 10.6. The van der Waals surface area contributed by atoms with Gasteiger partial charge in [-0.05, 0) is 24.1 Å². The van der Waals surface area contributed by atoms with Crippen LogP contribution in [-0.2, 0) is 6.42 Å². The number of hydrogen-bond acceptors (Lipinski definition) is 5. The van der Waals surface area contributed by atoms with E-state index >= 15 is 0 Å². The molecule has 5 heteroatoms. The van der Waals surface area contributed by atoms with Crippen molar-refractivity contribution in [3.8, 4) is 0 Å². The molecule has 0 bridgehead atoms. The van der Waals surface area contributed by atoms with Crippen LogP contribution in [0.3, 0.4) is 0 Å². The van der Waals surface area contributed by atoms with Gasteiger partial charge in [-0.25, -0.2) is 4.98 Å².